The van der Waals surface area contributed by atoms with Crippen LogP contribution < -0.4 is 4.90 Å². The lowest BCUT2D eigenvalue weighted by Gasteiger charge is -2.28. The van der Waals surface area contributed by atoms with Gasteiger partial charge in [0.05, 0.1) is 6.54 Å². The van der Waals surface area contributed by atoms with Crippen molar-refractivity contribution >= 4 is 17.4 Å². The molecule has 3 rings (SSSR count). The Hall–Kier alpha value is -1.69. The summed E-state index contributed by atoms with van der Waals surface area (Å²) < 4.78 is 2.06. The summed E-state index contributed by atoms with van der Waals surface area (Å²) in [7, 11) is 0. The smallest absolute Gasteiger partial charge is 0.152 e. The Labute approximate surface area is 116 Å². The molecule has 6 nitrogen and oxygen atoms in total. The van der Waals surface area contributed by atoms with Crippen molar-refractivity contribution in [3.8, 4) is 0 Å². The minimum Gasteiger partial charge on any atom is -0.347 e. The molecule has 0 aliphatic carbocycles. The Kier molecular flexibility index (Phi) is 3.10. The molecule has 1 aliphatic heterocycles. The van der Waals surface area contributed by atoms with Gasteiger partial charge in [-0.25, -0.2) is 9.97 Å². The number of hydrogen-bond acceptors (Lipinski definition) is 5. The first-order valence-corrected chi connectivity index (χ1v) is 6.67. The third-order valence-corrected chi connectivity index (χ3v) is 3.37. The second-order valence-electron chi connectivity index (χ2n) is 4.92. The number of rotatable bonds is 2. The normalized spacial score (nSPS) is 14.8. The average Bonchev–Trinajstić information content (AvgIpc) is 2.85. The lowest BCUT2D eigenvalue weighted by Crippen LogP contribution is -2.34. The van der Waals surface area contributed by atoms with Gasteiger partial charge in [-0.1, -0.05) is 25.4 Å². The third-order valence-electron chi connectivity index (χ3n) is 3.18. The Balaban J connectivity index is 1.91. The fraction of sp³-hybridized carbons (Fsp3) is 0.500. The minimum absolute atomic E-state index is 0.255. The Bertz CT molecular complexity index is 594. The molecule has 0 N–H and O–H groups in total. The summed E-state index contributed by atoms with van der Waals surface area (Å²) >= 11 is 6.08. The Morgan fingerprint density at radius 2 is 2.11 bits per heavy atom. The van der Waals surface area contributed by atoms with Crippen molar-refractivity contribution in [1.82, 2.24) is 24.7 Å². The molecule has 1 aliphatic rings. The monoisotopic (exact) mass is 278 g/mol. The predicted octanol–water partition coefficient (Wildman–Crippen LogP) is 1.87. The van der Waals surface area contributed by atoms with Gasteiger partial charge in [0, 0.05) is 25.1 Å². The van der Waals surface area contributed by atoms with Crippen LogP contribution in [-0.2, 0) is 13.1 Å². The van der Waals surface area contributed by atoms with Gasteiger partial charge < -0.3 is 9.47 Å². The first kappa shape index (κ1) is 12.3. The molecule has 3 heterocycles. The molecule has 0 radical (unpaired) electrons. The summed E-state index contributed by atoms with van der Waals surface area (Å²) in [5, 5.41) is 8.52. The number of nitrogens with zero attached hydrogens (tertiary/aromatic N) is 6. The van der Waals surface area contributed by atoms with Crippen LogP contribution in [0.25, 0.3) is 0 Å². The molecule has 0 aromatic carbocycles. The zero-order valence-corrected chi connectivity index (χ0v) is 11.7. The highest BCUT2D eigenvalue weighted by Crippen LogP contribution is 2.22. The second-order valence-corrected chi connectivity index (χ2v) is 5.31. The van der Waals surface area contributed by atoms with E-state index in [1.807, 2.05) is 0 Å². The molecule has 0 unspecified atom stereocenters. The van der Waals surface area contributed by atoms with Crippen LogP contribution in [0.1, 0.15) is 31.4 Å². The summed E-state index contributed by atoms with van der Waals surface area (Å²) in [6.45, 7) is 6.55. The molecule has 0 saturated carbocycles. The standard InChI is InChI=1S/C12H15ClN6/c1-8(2)12-15-9(13)5-10(16-12)18-3-4-19-7-14-17-11(19)6-18/h5,7-8H,3-4,6H2,1-2H3. The largest absolute Gasteiger partial charge is 0.347 e. The minimum atomic E-state index is 0.255. The molecule has 19 heavy (non-hydrogen) atoms. The van der Waals surface area contributed by atoms with E-state index in [0.29, 0.717) is 11.7 Å². The zero-order chi connectivity index (χ0) is 13.4. The molecule has 0 fully saturated rings. The number of aromatic nitrogens is 5. The van der Waals surface area contributed by atoms with E-state index in [4.69, 9.17) is 11.6 Å². The molecule has 0 saturated heterocycles. The maximum absolute atomic E-state index is 6.08. The zero-order valence-electron chi connectivity index (χ0n) is 10.9. The SMILES string of the molecule is CC(C)c1nc(Cl)cc(N2CCn3cnnc3C2)n1. The van der Waals surface area contributed by atoms with Crippen LogP contribution in [0.5, 0.6) is 0 Å². The summed E-state index contributed by atoms with van der Waals surface area (Å²) in [5.41, 5.74) is 0. The van der Waals surface area contributed by atoms with Crippen LogP contribution in [0.2, 0.25) is 5.15 Å². The van der Waals surface area contributed by atoms with Gasteiger partial charge >= 0.3 is 0 Å². The highest BCUT2D eigenvalue weighted by atomic mass is 35.5. The fourth-order valence-corrected chi connectivity index (χ4v) is 2.29. The highest BCUT2D eigenvalue weighted by molar-refractivity contribution is 6.29. The quantitative estimate of drug-likeness (QED) is 0.785. The van der Waals surface area contributed by atoms with Crippen molar-refractivity contribution in [3.63, 3.8) is 0 Å². The van der Waals surface area contributed by atoms with Crippen molar-refractivity contribution in [1.29, 1.82) is 0 Å². The molecule has 0 bridgehead atoms. The first-order chi connectivity index (χ1) is 9.13. The van der Waals surface area contributed by atoms with E-state index in [2.05, 4.69) is 43.5 Å². The summed E-state index contributed by atoms with van der Waals surface area (Å²) in [6, 6.07) is 1.81. The van der Waals surface area contributed by atoms with Gasteiger partial charge in [0.25, 0.3) is 0 Å². The molecule has 0 spiro atoms. The predicted molar refractivity (Wildman–Crippen MR) is 72.2 cm³/mol. The van der Waals surface area contributed by atoms with E-state index in [1.165, 1.54) is 0 Å². The first-order valence-electron chi connectivity index (χ1n) is 6.29. The van der Waals surface area contributed by atoms with Gasteiger partial charge in [-0.15, -0.1) is 10.2 Å². The highest BCUT2D eigenvalue weighted by Gasteiger charge is 2.20. The summed E-state index contributed by atoms with van der Waals surface area (Å²) in [5.74, 6) is 2.84. The average molecular weight is 279 g/mol. The molecular weight excluding hydrogens is 264 g/mol. The van der Waals surface area contributed by atoms with Crippen molar-refractivity contribution < 1.29 is 0 Å². The third kappa shape index (κ3) is 2.40. The lowest BCUT2D eigenvalue weighted by atomic mass is 10.2. The van der Waals surface area contributed by atoms with Gasteiger partial charge in [0.15, 0.2) is 5.82 Å². The van der Waals surface area contributed by atoms with Crippen LogP contribution in [0, 0.1) is 0 Å². The van der Waals surface area contributed by atoms with Gasteiger partial charge in [-0.3, -0.25) is 0 Å². The van der Waals surface area contributed by atoms with Crippen LogP contribution in [0.4, 0.5) is 5.82 Å². The topological polar surface area (TPSA) is 59.7 Å². The van der Waals surface area contributed by atoms with Crippen LogP contribution in [-0.4, -0.2) is 31.3 Å². The van der Waals surface area contributed by atoms with E-state index in [9.17, 15) is 0 Å². The van der Waals surface area contributed by atoms with Crippen LogP contribution in [0.15, 0.2) is 12.4 Å². The molecule has 2 aromatic rings. The fourth-order valence-electron chi connectivity index (χ4n) is 2.10. The summed E-state index contributed by atoms with van der Waals surface area (Å²) in [6.07, 6.45) is 1.76. The van der Waals surface area contributed by atoms with Crippen molar-refractivity contribution in [3.05, 3.63) is 29.2 Å². The maximum atomic E-state index is 6.08. The van der Waals surface area contributed by atoms with Gasteiger partial charge in [-0.2, -0.15) is 0 Å². The number of anilines is 1. The van der Waals surface area contributed by atoms with Gasteiger partial charge in [-0.05, 0) is 0 Å². The maximum Gasteiger partial charge on any atom is 0.152 e. The molecule has 2 aromatic heterocycles. The lowest BCUT2D eigenvalue weighted by molar-refractivity contribution is 0.554. The number of halogens is 1. The summed E-state index contributed by atoms with van der Waals surface area (Å²) in [4.78, 5) is 11.0. The molecule has 0 amide bonds. The van der Waals surface area contributed by atoms with E-state index in [0.717, 1.165) is 30.6 Å². The number of fused-ring (bicyclic) bond motifs is 1. The molecule has 0 atom stereocenters. The van der Waals surface area contributed by atoms with E-state index >= 15 is 0 Å². The van der Waals surface area contributed by atoms with Gasteiger partial charge in [0.1, 0.15) is 23.1 Å². The Morgan fingerprint density at radius 1 is 1.26 bits per heavy atom. The molecule has 100 valence electrons. The van der Waals surface area contributed by atoms with Crippen molar-refractivity contribution in [2.45, 2.75) is 32.9 Å². The van der Waals surface area contributed by atoms with Crippen molar-refractivity contribution in [2.75, 3.05) is 11.4 Å². The Morgan fingerprint density at radius 3 is 2.89 bits per heavy atom. The van der Waals surface area contributed by atoms with Crippen molar-refractivity contribution in [2.24, 2.45) is 0 Å². The van der Waals surface area contributed by atoms with E-state index < -0.39 is 0 Å². The van der Waals surface area contributed by atoms with E-state index in [-0.39, 0.29) is 5.92 Å². The molecule has 7 heteroatoms. The van der Waals surface area contributed by atoms with Gasteiger partial charge in [0.2, 0.25) is 0 Å². The van der Waals surface area contributed by atoms with Crippen LogP contribution >= 0.6 is 11.6 Å². The van der Waals surface area contributed by atoms with E-state index in [1.54, 1.807) is 12.4 Å². The molecular formula is C12H15ClN6. The second kappa shape index (κ2) is 4.77. The number of hydrogen-bond donors (Lipinski definition) is 0. The van der Waals surface area contributed by atoms with Crippen LogP contribution in [0.3, 0.4) is 0 Å².